The van der Waals surface area contributed by atoms with Gasteiger partial charge in [0, 0.05) is 6.42 Å². The monoisotopic (exact) mass is 1670 g/mol. The van der Waals surface area contributed by atoms with E-state index >= 15 is 0 Å². The molecule has 19 heteroatoms. The lowest BCUT2D eigenvalue weighted by Gasteiger charge is -2.48. The number of carbonyl (C=O) groups is 1. The number of hydrogen-bond acceptors (Lipinski definition) is 18. The van der Waals surface area contributed by atoms with Gasteiger partial charge in [-0.1, -0.05) is 364 Å². The first kappa shape index (κ1) is 109. The molecule has 1 amide bonds. The molecule has 3 rings (SSSR count). The van der Waals surface area contributed by atoms with Gasteiger partial charge in [0.25, 0.3) is 0 Å². The molecule has 0 aliphatic carbocycles. The Bertz CT molecular complexity index is 2770. The zero-order valence-electron chi connectivity index (χ0n) is 73.8. The maximum atomic E-state index is 13.5. The van der Waals surface area contributed by atoms with Crippen molar-refractivity contribution in [2.75, 3.05) is 26.4 Å². The molecule has 3 fully saturated rings. The molecule has 0 aromatic heterocycles. The summed E-state index contributed by atoms with van der Waals surface area (Å²) in [7, 11) is 0. The summed E-state index contributed by atoms with van der Waals surface area (Å²) >= 11 is 0. The Labute approximate surface area is 720 Å². The van der Waals surface area contributed by atoms with Crippen LogP contribution in [0.25, 0.3) is 0 Å². The van der Waals surface area contributed by atoms with Crippen molar-refractivity contribution in [3.63, 3.8) is 0 Å². The van der Waals surface area contributed by atoms with Crippen LogP contribution in [-0.4, -0.2) is 193 Å². The van der Waals surface area contributed by atoms with E-state index in [1.165, 1.54) is 180 Å². The number of unbranched alkanes of at least 4 members (excludes halogenated alkanes) is 35. The largest absolute Gasteiger partial charge is 0.394 e. The van der Waals surface area contributed by atoms with Gasteiger partial charge in [0.2, 0.25) is 5.91 Å². The van der Waals surface area contributed by atoms with Gasteiger partial charge in [-0.25, -0.2) is 0 Å². The number of ether oxygens (including phenoxy) is 6. The van der Waals surface area contributed by atoms with Gasteiger partial charge in [0.05, 0.1) is 38.6 Å². The second-order valence-corrected chi connectivity index (χ2v) is 32.7. The minimum absolute atomic E-state index is 0.217. The molecule has 0 bridgehead atoms. The number of nitrogens with one attached hydrogen (secondary N) is 1. The highest BCUT2D eigenvalue weighted by Crippen LogP contribution is 2.33. The molecule has 0 aromatic rings. The molecule has 0 radical (unpaired) electrons. The highest BCUT2D eigenvalue weighted by Gasteiger charge is 2.54. The molecular formula is C100H169NO18. The van der Waals surface area contributed by atoms with Crippen LogP contribution in [0.3, 0.4) is 0 Å². The third-order valence-corrected chi connectivity index (χ3v) is 22.3. The van der Waals surface area contributed by atoms with E-state index in [4.69, 9.17) is 28.4 Å². The third kappa shape index (κ3) is 54.7. The molecule has 0 saturated carbocycles. The van der Waals surface area contributed by atoms with Crippen LogP contribution in [0.2, 0.25) is 0 Å². The highest BCUT2D eigenvalue weighted by atomic mass is 16.8. The van der Waals surface area contributed by atoms with E-state index in [1.54, 1.807) is 6.08 Å². The average Bonchev–Trinajstić information content (AvgIpc) is 0.778. The Morgan fingerprint density at radius 2 is 0.588 bits per heavy atom. The Morgan fingerprint density at radius 1 is 0.311 bits per heavy atom. The number of carbonyl (C=O) groups excluding carboxylic acids is 1. The van der Waals surface area contributed by atoms with E-state index in [9.17, 15) is 61.0 Å². The van der Waals surface area contributed by atoms with Crippen molar-refractivity contribution in [1.82, 2.24) is 5.32 Å². The fraction of sp³-hybridized carbons (Fsp3) is 0.730. The minimum Gasteiger partial charge on any atom is -0.394 e. The SMILES string of the molecule is CC/C=C\C/C=C\C/C=C\C/C=C\C/C=C\C/C=C\C/C=C\C/C=C\C/C=C\C/C=C\CCCCCCCCCCCCC(=O)NC(COC1OC(CO)C(OC2OC(CO)C(OC3OC(CO)C(O)C(O)C3O)C(O)C2O)C(O)C1O)C(O)/C=C/CC/C=C/CC/C=C/CCCCCCCCCCCCCCCCCCCCCCCCC. The number of hydrogen-bond donors (Lipinski definition) is 12. The molecule has 3 aliphatic heterocycles. The number of allylic oxidation sites excluding steroid dienone is 25. The van der Waals surface area contributed by atoms with Gasteiger partial charge in [-0.2, -0.15) is 0 Å². The van der Waals surface area contributed by atoms with Crippen molar-refractivity contribution in [1.29, 1.82) is 0 Å². The first-order valence-corrected chi connectivity index (χ1v) is 47.2. The summed E-state index contributed by atoms with van der Waals surface area (Å²) in [4.78, 5) is 13.5. The van der Waals surface area contributed by atoms with Gasteiger partial charge in [0.1, 0.15) is 73.2 Å². The highest BCUT2D eigenvalue weighted by molar-refractivity contribution is 5.76. The van der Waals surface area contributed by atoms with Crippen LogP contribution < -0.4 is 5.32 Å². The van der Waals surface area contributed by atoms with E-state index in [0.29, 0.717) is 12.8 Å². The topological polar surface area (TPSA) is 307 Å². The minimum atomic E-state index is -1.99. The van der Waals surface area contributed by atoms with Crippen molar-refractivity contribution in [2.45, 2.75) is 439 Å². The maximum Gasteiger partial charge on any atom is 0.220 e. The Kier molecular flexibility index (Phi) is 70.3. The fourth-order valence-electron chi connectivity index (χ4n) is 14.8. The summed E-state index contributed by atoms with van der Waals surface area (Å²) in [5.41, 5.74) is 0. The van der Waals surface area contributed by atoms with Gasteiger partial charge < -0.3 is 89.9 Å². The molecular weight excluding hydrogens is 1500 g/mol. The summed E-state index contributed by atoms with van der Waals surface area (Å²) in [6.07, 6.45) is 88.3. The fourth-order valence-corrected chi connectivity index (χ4v) is 14.8. The van der Waals surface area contributed by atoms with Gasteiger partial charge in [-0.3, -0.25) is 4.79 Å². The molecule has 17 atom stereocenters. The Morgan fingerprint density at radius 3 is 0.941 bits per heavy atom. The molecule has 0 spiro atoms. The average molecular weight is 1670 g/mol. The zero-order valence-corrected chi connectivity index (χ0v) is 73.8. The smallest absolute Gasteiger partial charge is 0.220 e. The third-order valence-electron chi connectivity index (χ3n) is 22.3. The molecule has 3 aliphatic rings. The predicted molar refractivity (Wildman–Crippen MR) is 484 cm³/mol. The predicted octanol–water partition coefficient (Wildman–Crippen LogP) is 19.1. The van der Waals surface area contributed by atoms with E-state index in [-0.39, 0.29) is 18.9 Å². The number of rotatable bonds is 75. The number of aliphatic hydroxyl groups excluding tert-OH is 11. The van der Waals surface area contributed by atoms with Crippen LogP contribution in [0.15, 0.2) is 158 Å². The lowest BCUT2D eigenvalue weighted by molar-refractivity contribution is -0.379. The molecule has 12 N–H and O–H groups in total. The Balaban J connectivity index is 1.34. The first-order chi connectivity index (χ1) is 58.3. The van der Waals surface area contributed by atoms with Crippen LogP contribution in [0, 0.1) is 0 Å². The number of aliphatic hydroxyl groups is 11. The second-order valence-electron chi connectivity index (χ2n) is 32.7. The molecule has 0 aromatic carbocycles. The van der Waals surface area contributed by atoms with Crippen LogP contribution in [-0.2, 0) is 33.2 Å². The lowest BCUT2D eigenvalue weighted by Crippen LogP contribution is -2.66. The summed E-state index contributed by atoms with van der Waals surface area (Å²) < 4.78 is 34.5. The molecule has 3 saturated heterocycles. The molecule has 17 unspecified atom stereocenters. The quantitative estimate of drug-likeness (QED) is 0.0199. The Hall–Kier alpha value is -4.59. The normalized spacial score (nSPS) is 24.9. The summed E-state index contributed by atoms with van der Waals surface area (Å²) in [5.74, 6) is -0.297. The molecule has 682 valence electrons. The summed E-state index contributed by atoms with van der Waals surface area (Å²) in [6, 6.07) is -1.01. The lowest BCUT2D eigenvalue weighted by atomic mass is 9.96. The van der Waals surface area contributed by atoms with Gasteiger partial charge in [-0.15, -0.1) is 0 Å². The molecule has 19 nitrogen and oxygen atoms in total. The van der Waals surface area contributed by atoms with E-state index in [2.05, 4.69) is 165 Å². The standard InChI is InChI=1S/C100H169NO18/c1-3-5-7-9-11-13-15-17-19-21-23-25-27-29-31-33-35-37-38-39-40-41-42-43-44-46-48-50-52-54-56-58-60-62-64-66-68-70-72-74-76-78-88(106)101-83(84(105)77-75-73-71-69-67-65-63-61-59-57-55-53-51-49-47-45-36-34-32-30-28-26-24-22-20-18-16-14-12-10-8-6-4-2)82-114-98-94(112)91(109)96(86(80-103)116-98)119-100-95(113)92(110)97(87(81-104)117-100)118-99-93(111)90(108)89(107)85(79-102)115-99/h5,7,11,13,17,19,23,25,29,31,35,37,39-40,42-43,46,48,52,54,59,61,67,69,75,77,83-87,89-100,102-105,107-113H,3-4,6,8-10,12,14-16,18,20-22,24,26-28,30,32-34,36,38,41,44-45,47,49-51,53,55-58,60,62-66,68,70-74,76,78-82H2,1-2H3,(H,101,106)/b7-5-,13-11-,19-17-,25-23-,31-29-,37-35-,40-39-,43-42-,48-46-,54-52-,61-59+,69-67+,77-75+. The van der Waals surface area contributed by atoms with Gasteiger partial charge in [-0.05, 0) is 122 Å². The molecule has 3 heterocycles. The summed E-state index contributed by atoms with van der Waals surface area (Å²) in [6.45, 7) is 1.62. The van der Waals surface area contributed by atoms with Gasteiger partial charge >= 0.3 is 0 Å². The van der Waals surface area contributed by atoms with Crippen LogP contribution in [0.5, 0.6) is 0 Å². The van der Waals surface area contributed by atoms with Crippen molar-refractivity contribution in [3.8, 4) is 0 Å². The van der Waals surface area contributed by atoms with Crippen molar-refractivity contribution >= 4 is 5.91 Å². The second kappa shape index (κ2) is 77.0. The maximum absolute atomic E-state index is 13.5. The van der Waals surface area contributed by atoms with Crippen LogP contribution in [0.1, 0.15) is 335 Å². The number of amides is 1. The van der Waals surface area contributed by atoms with Crippen molar-refractivity contribution in [3.05, 3.63) is 158 Å². The zero-order chi connectivity index (χ0) is 85.9. The van der Waals surface area contributed by atoms with Crippen LogP contribution >= 0.6 is 0 Å². The van der Waals surface area contributed by atoms with Crippen molar-refractivity contribution in [2.24, 2.45) is 0 Å². The van der Waals surface area contributed by atoms with E-state index < -0.39 is 124 Å². The summed E-state index contributed by atoms with van der Waals surface area (Å²) in [5, 5.41) is 121. The van der Waals surface area contributed by atoms with Crippen molar-refractivity contribution < 1.29 is 89.4 Å². The van der Waals surface area contributed by atoms with Crippen LogP contribution in [0.4, 0.5) is 0 Å². The van der Waals surface area contributed by atoms with Gasteiger partial charge in [0.15, 0.2) is 18.9 Å². The van der Waals surface area contributed by atoms with E-state index in [1.807, 2.05) is 6.08 Å². The van der Waals surface area contributed by atoms with E-state index in [0.717, 1.165) is 122 Å². The first-order valence-electron chi connectivity index (χ1n) is 47.2. The molecule has 119 heavy (non-hydrogen) atoms.